The number of benzene rings is 4. The Labute approximate surface area is 245 Å². The predicted octanol–water partition coefficient (Wildman–Crippen LogP) is 8.52. The zero-order valence-electron chi connectivity index (χ0n) is 21.3. The Morgan fingerprint density at radius 2 is 1.57 bits per heavy atom. The number of carbonyl (C=O) groups is 1. The number of rotatable bonds is 8. The highest BCUT2D eigenvalue weighted by molar-refractivity contribution is 8.18. The van der Waals surface area contributed by atoms with Gasteiger partial charge >= 0.3 is 0 Å². The maximum atomic E-state index is 13.6. The van der Waals surface area contributed by atoms with E-state index in [-0.39, 0.29) is 18.3 Å². The van der Waals surface area contributed by atoms with E-state index >= 15 is 0 Å². The summed E-state index contributed by atoms with van der Waals surface area (Å²) < 4.78 is 24.2. The number of thioether (sulfide) groups is 1. The molecule has 4 aromatic rings. The number of methoxy groups -OCH3 is 1. The molecule has 0 bridgehead atoms. The first-order valence-corrected chi connectivity index (χ1v) is 13.8. The zero-order valence-corrected chi connectivity index (χ0v) is 23.6. The zero-order chi connectivity index (χ0) is 28.1. The highest BCUT2D eigenvalue weighted by Gasteiger charge is 2.33. The van der Waals surface area contributed by atoms with Crippen molar-refractivity contribution in [2.75, 3.05) is 7.11 Å². The quantitative estimate of drug-likeness (QED) is 0.192. The number of carbonyl (C=O) groups excluding carboxylic acids is 1. The van der Waals surface area contributed by atoms with Gasteiger partial charge < -0.3 is 9.47 Å². The molecule has 1 fully saturated rings. The van der Waals surface area contributed by atoms with Crippen molar-refractivity contribution >= 4 is 57.8 Å². The van der Waals surface area contributed by atoms with Gasteiger partial charge in [0.25, 0.3) is 5.91 Å². The van der Waals surface area contributed by atoms with Crippen LogP contribution in [-0.4, -0.2) is 23.1 Å². The van der Waals surface area contributed by atoms with E-state index in [0.29, 0.717) is 38.0 Å². The smallest absolute Gasteiger partial charge is 0.267 e. The molecule has 5 nitrogen and oxygen atoms in total. The lowest BCUT2D eigenvalue weighted by molar-refractivity contribution is -0.122. The van der Waals surface area contributed by atoms with Crippen molar-refractivity contribution < 1.29 is 18.7 Å². The van der Waals surface area contributed by atoms with E-state index in [4.69, 9.17) is 37.7 Å². The molecule has 9 heteroatoms. The van der Waals surface area contributed by atoms with Crippen LogP contribution >= 0.6 is 35.0 Å². The molecule has 40 heavy (non-hydrogen) atoms. The van der Waals surface area contributed by atoms with Gasteiger partial charge in [0.1, 0.15) is 18.2 Å². The van der Waals surface area contributed by atoms with E-state index in [1.807, 2.05) is 54.6 Å². The number of amidine groups is 1. The van der Waals surface area contributed by atoms with E-state index in [1.54, 1.807) is 42.4 Å². The van der Waals surface area contributed by atoms with Crippen molar-refractivity contribution in [1.29, 1.82) is 0 Å². The van der Waals surface area contributed by atoms with Gasteiger partial charge in [-0.25, -0.2) is 9.38 Å². The topological polar surface area (TPSA) is 51.1 Å². The van der Waals surface area contributed by atoms with E-state index in [2.05, 4.69) is 0 Å². The summed E-state index contributed by atoms with van der Waals surface area (Å²) in [7, 11) is 1.61. The maximum Gasteiger partial charge on any atom is 0.267 e. The summed E-state index contributed by atoms with van der Waals surface area (Å²) >= 11 is 14.3. The van der Waals surface area contributed by atoms with Crippen LogP contribution in [0.25, 0.3) is 6.08 Å². The largest absolute Gasteiger partial charge is 0.497 e. The number of hydrogen-bond acceptors (Lipinski definition) is 5. The molecule has 1 aliphatic rings. The minimum Gasteiger partial charge on any atom is -0.497 e. The van der Waals surface area contributed by atoms with Gasteiger partial charge in [-0.2, -0.15) is 0 Å². The van der Waals surface area contributed by atoms with Crippen LogP contribution in [0.1, 0.15) is 16.7 Å². The number of ether oxygens (including phenoxy) is 2. The molecule has 4 aromatic carbocycles. The van der Waals surface area contributed by atoms with Crippen molar-refractivity contribution in [1.82, 2.24) is 4.90 Å². The molecule has 0 atom stereocenters. The number of halogens is 3. The van der Waals surface area contributed by atoms with Crippen LogP contribution in [0.15, 0.2) is 101 Å². The molecule has 0 unspecified atom stereocenters. The normalized spacial score (nSPS) is 15.2. The standard InChI is InChI=1S/C31H23Cl2FN2O3S/c1-38-25-13-9-20(10-14-25)18-36-30(37)28(40-31(36)35-24-5-3-2-4-6-24)17-22-15-26(32)29(27(33)16-22)39-19-21-7-11-23(34)12-8-21/h2-17H,18-19H2,1H3/b28-17-,35-31?. The highest BCUT2D eigenvalue weighted by Crippen LogP contribution is 2.39. The fourth-order valence-corrected chi connectivity index (χ4v) is 5.56. The van der Waals surface area contributed by atoms with Gasteiger partial charge in [-0.05, 0) is 83.1 Å². The number of hydrogen-bond donors (Lipinski definition) is 0. The molecule has 0 saturated carbocycles. The van der Waals surface area contributed by atoms with Crippen molar-refractivity contribution in [3.05, 3.63) is 128 Å². The van der Waals surface area contributed by atoms with Gasteiger partial charge in [0, 0.05) is 0 Å². The Hall–Kier alpha value is -3.78. The lowest BCUT2D eigenvalue weighted by Crippen LogP contribution is -2.28. The van der Waals surface area contributed by atoms with Crippen LogP contribution in [-0.2, 0) is 17.9 Å². The van der Waals surface area contributed by atoms with E-state index in [1.165, 1.54) is 23.9 Å². The Kier molecular flexibility index (Phi) is 8.75. The number of amides is 1. The van der Waals surface area contributed by atoms with Crippen LogP contribution < -0.4 is 9.47 Å². The second-order valence-electron chi connectivity index (χ2n) is 8.81. The Balaban J connectivity index is 1.40. The molecule has 5 rings (SSSR count). The Bertz CT molecular complexity index is 1550. The number of nitrogens with zero attached hydrogens (tertiary/aromatic N) is 2. The van der Waals surface area contributed by atoms with Gasteiger partial charge in [0.05, 0.1) is 34.3 Å². The highest BCUT2D eigenvalue weighted by atomic mass is 35.5. The Morgan fingerprint density at radius 3 is 2.23 bits per heavy atom. The van der Waals surface area contributed by atoms with E-state index < -0.39 is 0 Å². The third kappa shape index (κ3) is 6.67. The molecular weight excluding hydrogens is 570 g/mol. The van der Waals surface area contributed by atoms with Gasteiger partial charge in [0.15, 0.2) is 10.9 Å². The first kappa shape index (κ1) is 27.8. The van der Waals surface area contributed by atoms with Gasteiger partial charge in [-0.15, -0.1) is 0 Å². The molecule has 1 aliphatic heterocycles. The van der Waals surface area contributed by atoms with E-state index in [0.717, 1.165) is 22.6 Å². The molecule has 202 valence electrons. The first-order chi connectivity index (χ1) is 19.4. The SMILES string of the molecule is COc1ccc(CN2C(=O)/C(=C/c3cc(Cl)c(OCc4ccc(F)cc4)c(Cl)c3)SC2=Nc2ccccc2)cc1. The summed E-state index contributed by atoms with van der Waals surface area (Å²) in [6.07, 6.45) is 1.74. The van der Waals surface area contributed by atoms with E-state index in [9.17, 15) is 9.18 Å². The molecule has 1 saturated heterocycles. The monoisotopic (exact) mass is 592 g/mol. The molecule has 0 N–H and O–H groups in total. The van der Waals surface area contributed by atoms with Gasteiger partial charge in [-0.1, -0.05) is 65.7 Å². The summed E-state index contributed by atoms with van der Waals surface area (Å²) in [6.45, 7) is 0.518. The summed E-state index contributed by atoms with van der Waals surface area (Å²) in [6, 6.07) is 26.4. The number of aliphatic imine (C=N–C) groups is 1. The van der Waals surface area contributed by atoms with Crippen molar-refractivity contribution in [2.45, 2.75) is 13.2 Å². The third-order valence-corrected chi connectivity index (χ3v) is 7.55. The lowest BCUT2D eigenvalue weighted by atomic mass is 10.2. The Morgan fingerprint density at radius 1 is 0.925 bits per heavy atom. The van der Waals surface area contributed by atoms with Gasteiger partial charge in [0.2, 0.25) is 0 Å². The van der Waals surface area contributed by atoms with Crippen LogP contribution in [0.5, 0.6) is 11.5 Å². The molecule has 0 radical (unpaired) electrons. The van der Waals surface area contributed by atoms with Gasteiger partial charge in [-0.3, -0.25) is 9.69 Å². The molecule has 0 spiro atoms. The first-order valence-electron chi connectivity index (χ1n) is 12.2. The summed E-state index contributed by atoms with van der Waals surface area (Å²) in [5.74, 6) is 0.548. The molecular formula is C31H23Cl2FN2O3S. The summed E-state index contributed by atoms with van der Waals surface area (Å²) in [4.78, 5) is 20.4. The summed E-state index contributed by atoms with van der Waals surface area (Å²) in [5.41, 5.74) is 3.10. The van der Waals surface area contributed by atoms with Crippen LogP contribution in [0.3, 0.4) is 0 Å². The summed E-state index contributed by atoms with van der Waals surface area (Å²) in [5, 5.41) is 1.16. The average molecular weight is 594 g/mol. The maximum absolute atomic E-state index is 13.6. The van der Waals surface area contributed by atoms with Crippen molar-refractivity contribution in [3.63, 3.8) is 0 Å². The second kappa shape index (κ2) is 12.6. The third-order valence-electron chi connectivity index (χ3n) is 5.98. The fourth-order valence-electron chi connectivity index (χ4n) is 3.95. The van der Waals surface area contributed by atoms with Crippen LogP contribution in [0.4, 0.5) is 10.1 Å². The molecule has 0 aromatic heterocycles. The predicted molar refractivity (Wildman–Crippen MR) is 160 cm³/mol. The fraction of sp³-hybridized carbons (Fsp3) is 0.0968. The number of para-hydroxylation sites is 1. The molecule has 1 heterocycles. The van der Waals surface area contributed by atoms with Crippen molar-refractivity contribution in [2.24, 2.45) is 4.99 Å². The van der Waals surface area contributed by atoms with Crippen molar-refractivity contribution in [3.8, 4) is 11.5 Å². The van der Waals surface area contributed by atoms with Crippen LogP contribution in [0.2, 0.25) is 10.0 Å². The van der Waals surface area contributed by atoms with Crippen LogP contribution in [0, 0.1) is 5.82 Å². The average Bonchev–Trinajstić information content (AvgIpc) is 3.23. The lowest BCUT2D eigenvalue weighted by Gasteiger charge is -2.16. The molecule has 1 amide bonds. The second-order valence-corrected chi connectivity index (χ2v) is 10.6. The molecule has 0 aliphatic carbocycles. The minimum absolute atomic E-state index is 0.175. The minimum atomic E-state index is -0.323.